The highest BCUT2D eigenvalue weighted by Gasteiger charge is 2.27. The molecule has 2 aromatic carbocycles. The fourth-order valence-electron chi connectivity index (χ4n) is 4.03. The Labute approximate surface area is 194 Å². The Hall–Kier alpha value is -2.97. The van der Waals surface area contributed by atoms with Crippen molar-refractivity contribution in [1.29, 1.82) is 0 Å². The van der Waals surface area contributed by atoms with Gasteiger partial charge in [-0.2, -0.15) is 4.31 Å². The summed E-state index contributed by atoms with van der Waals surface area (Å²) in [7, 11) is -3.61. The predicted octanol–water partition coefficient (Wildman–Crippen LogP) is 4.70. The molecule has 1 fully saturated rings. The van der Waals surface area contributed by atoms with Crippen molar-refractivity contribution >= 4 is 21.6 Å². The first-order valence-electron chi connectivity index (χ1n) is 11.3. The van der Waals surface area contributed by atoms with Crippen LogP contribution in [-0.2, 0) is 21.2 Å². The second-order valence-corrected chi connectivity index (χ2v) is 10.3. The minimum Gasteiger partial charge on any atom is -0.441 e. The molecule has 1 aliphatic rings. The number of carbonyl (C=O) groups excluding carboxylic acids is 1. The number of amides is 1. The molecule has 3 aromatic rings. The largest absolute Gasteiger partial charge is 0.441 e. The maximum atomic E-state index is 13.3. The predicted molar refractivity (Wildman–Crippen MR) is 127 cm³/mol. The zero-order valence-corrected chi connectivity index (χ0v) is 19.8. The Morgan fingerprint density at radius 2 is 1.73 bits per heavy atom. The van der Waals surface area contributed by atoms with Crippen molar-refractivity contribution in [2.75, 3.05) is 18.4 Å². The van der Waals surface area contributed by atoms with Gasteiger partial charge in [-0.25, -0.2) is 13.4 Å². The molecule has 174 valence electrons. The lowest BCUT2D eigenvalue weighted by atomic mass is 10.2. The minimum atomic E-state index is -3.61. The van der Waals surface area contributed by atoms with E-state index >= 15 is 0 Å². The van der Waals surface area contributed by atoms with E-state index in [9.17, 15) is 13.2 Å². The monoisotopic (exact) mass is 467 g/mol. The third kappa shape index (κ3) is 5.34. The van der Waals surface area contributed by atoms with E-state index in [1.165, 1.54) is 0 Å². The molecule has 1 amide bonds. The molecule has 0 atom stereocenters. The number of anilines is 1. The van der Waals surface area contributed by atoms with Crippen LogP contribution in [0, 0.1) is 13.8 Å². The topological polar surface area (TPSA) is 92.5 Å². The van der Waals surface area contributed by atoms with Gasteiger partial charge in [0.1, 0.15) is 5.76 Å². The normalized spacial score (nSPS) is 15.2. The van der Waals surface area contributed by atoms with Crippen LogP contribution in [0.4, 0.5) is 5.69 Å². The molecule has 1 saturated heterocycles. The Bertz CT molecular complexity index is 1230. The summed E-state index contributed by atoms with van der Waals surface area (Å²) in [6.45, 7) is 4.63. The van der Waals surface area contributed by atoms with Gasteiger partial charge in [-0.3, -0.25) is 4.79 Å². The van der Waals surface area contributed by atoms with Crippen LogP contribution in [0.15, 0.2) is 57.8 Å². The second-order valence-electron chi connectivity index (χ2n) is 8.41. The summed E-state index contributed by atoms with van der Waals surface area (Å²) in [5.74, 6) is 0.766. The molecule has 8 heteroatoms. The van der Waals surface area contributed by atoms with Gasteiger partial charge in [0.25, 0.3) is 0 Å². The first-order valence-corrected chi connectivity index (χ1v) is 12.7. The lowest BCUT2D eigenvalue weighted by Crippen LogP contribution is -2.32. The minimum absolute atomic E-state index is 0.0320. The van der Waals surface area contributed by atoms with E-state index in [0.717, 1.165) is 31.2 Å². The summed E-state index contributed by atoms with van der Waals surface area (Å²) in [5, 5.41) is 2.82. The molecule has 0 aliphatic carbocycles. The van der Waals surface area contributed by atoms with Crippen molar-refractivity contribution in [2.45, 2.75) is 50.8 Å². The molecule has 7 nitrogen and oxygen atoms in total. The molecule has 0 bridgehead atoms. The maximum Gasteiger partial charge on any atom is 0.243 e. The molecular weight excluding hydrogens is 438 g/mol. The van der Waals surface area contributed by atoms with Crippen LogP contribution in [-0.4, -0.2) is 36.7 Å². The highest BCUT2D eigenvalue weighted by molar-refractivity contribution is 7.89. The molecule has 4 rings (SSSR count). The number of rotatable bonds is 6. The molecule has 0 radical (unpaired) electrons. The van der Waals surface area contributed by atoms with E-state index in [0.29, 0.717) is 41.7 Å². The lowest BCUT2D eigenvalue weighted by Gasteiger charge is -2.21. The molecule has 1 aromatic heterocycles. The third-order valence-electron chi connectivity index (χ3n) is 5.90. The van der Waals surface area contributed by atoms with Crippen molar-refractivity contribution in [2.24, 2.45) is 0 Å². The first kappa shape index (κ1) is 23.2. The van der Waals surface area contributed by atoms with Crippen molar-refractivity contribution in [3.63, 3.8) is 0 Å². The number of hydrogen-bond acceptors (Lipinski definition) is 5. The molecule has 0 spiro atoms. The van der Waals surface area contributed by atoms with Crippen LogP contribution >= 0.6 is 0 Å². The van der Waals surface area contributed by atoms with Crippen molar-refractivity contribution < 1.29 is 17.6 Å². The number of aryl methyl sites for hydroxylation is 2. The number of nitrogens with one attached hydrogen (secondary N) is 1. The van der Waals surface area contributed by atoms with Gasteiger partial charge in [0, 0.05) is 24.3 Å². The molecule has 1 aliphatic heterocycles. The SMILES string of the molecule is Cc1ccc(NC(=O)Cc2nc(-c3ccccc3)oc2C)cc1S(=O)(=O)N1CCCCCC1. The van der Waals surface area contributed by atoms with Gasteiger partial charge >= 0.3 is 0 Å². The summed E-state index contributed by atoms with van der Waals surface area (Å²) in [4.78, 5) is 17.4. The van der Waals surface area contributed by atoms with E-state index < -0.39 is 10.0 Å². The van der Waals surface area contributed by atoms with Gasteiger partial charge in [-0.15, -0.1) is 0 Å². The molecule has 1 N–H and O–H groups in total. The van der Waals surface area contributed by atoms with Gasteiger partial charge in [0.2, 0.25) is 21.8 Å². The van der Waals surface area contributed by atoms with E-state index in [2.05, 4.69) is 10.3 Å². The Kier molecular flexibility index (Phi) is 6.95. The quantitative estimate of drug-likeness (QED) is 0.567. The number of nitrogens with zero attached hydrogens (tertiary/aromatic N) is 2. The Morgan fingerprint density at radius 1 is 1.03 bits per heavy atom. The van der Waals surface area contributed by atoms with Gasteiger partial charge in [-0.1, -0.05) is 37.1 Å². The molecule has 33 heavy (non-hydrogen) atoms. The number of sulfonamides is 1. The zero-order chi connectivity index (χ0) is 23.4. The average molecular weight is 468 g/mol. The number of aromatic nitrogens is 1. The zero-order valence-electron chi connectivity index (χ0n) is 19.0. The number of oxazole rings is 1. The van der Waals surface area contributed by atoms with Crippen LogP contribution in [0.5, 0.6) is 0 Å². The summed E-state index contributed by atoms with van der Waals surface area (Å²) >= 11 is 0. The van der Waals surface area contributed by atoms with Crippen LogP contribution in [0.25, 0.3) is 11.5 Å². The smallest absolute Gasteiger partial charge is 0.243 e. The fourth-order valence-corrected chi connectivity index (χ4v) is 5.80. The number of carbonyl (C=O) groups is 1. The standard InChI is InChI=1S/C25H29N3O4S/c1-18-12-13-21(16-23(18)33(30,31)28-14-8-3-4-9-15-28)26-24(29)17-22-19(2)32-25(27-22)20-10-6-5-7-11-20/h5-7,10-13,16H,3-4,8-9,14-15,17H2,1-2H3,(H,26,29). The van der Waals surface area contributed by atoms with Gasteiger partial charge in [0.05, 0.1) is 17.0 Å². The number of hydrogen-bond donors (Lipinski definition) is 1. The highest BCUT2D eigenvalue weighted by Crippen LogP contribution is 2.26. The van der Waals surface area contributed by atoms with Gasteiger partial charge in [-0.05, 0) is 56.5 Å². The highest BCUT2D eigenvalue weighted by atomic mass is 32.2. The summed E-state index contributed by atoms with van der Waals surface area (Å²) in [6, 6.07) is 14.5. The lowest BCUT2D eigenvalue weighted by molar-refractivity contribution is -0.115. The average Bonchev–Trinajstić information content (AvgIpc) is 2.99. The van der Waals surface area contributed by atoms with Crippen molar-refractivity contribution in [1.82, 2.24) is 9.29 Å². The Balaban J connectivity index is 1.50. The van der Waals surface area contributed by atoms with Gasteiger partial charge in [0.15, 0.2) is 0 Å². The van der Waals surface area contributed by atoms with E-state index in [1.54, 1.807) is 36.4 Å². The van der Waals surface area contributed by atoms with Crippen LogP contribution in [0.1, 0.15) is 42.7 Å². The summed E-state index contributed by atoms with van der Waals surface area (Å²) in [5.41, 5.74) is 2.51. The van der Waals surface area contributed by atoms with Crippen LogP contribution in [0.3, 0.4) is 0 Å². The van der Waals surface area contributed by atoms with Gasteiger partial charge < -0.3 is 9.73 Å². The van der Waals surface area contributed by atoms with E-state index in [4.69, 9.17) is 4.42 Å². The number of benzene rings is 2. The van der Waals surface area contributed by atoms with Crippen molar-refractivity contribution in [3.8, 4) is 11.5 Å². The second kappa shape index (κ2) is 9.89. The molecule has 2 heterocycles. The van der Waals surface area contributed by atoms with Crippen LogP contribution in [0.2, 0.25) is 0 Å². The fraction of sp³-hybridized carbons (Fsp3) is 0.360. The van der Waals surface area contributed by atoms with E-state index in [-0.39, 0.29) is 17.2 Å². The molecule has 0 unspecified atom stereocenters. The maximum absolute atomic E-state index is 13.3. The van der Waals surface area contributed by atoms with E-state index in [1.807, 2.05) is 30.3 Å². The Morgan fingerprint density at radius 3 is 2.42 bits per heavy atom. The van der Waals surface area contributed by atoms with Crippen molar-refractivity contribution in [3.05, 3.63) is 65.5 Å². The van der Waals surface area contributed by atoms with Crippen LogP contribution < -0.4 is 5.32 Å². The third-order valence-corrected chi connectivity index (χ3v) is 7.94. The first-order chi connectivity index (χ1) is 15.8. The molecule has 0 saturated carbocycles. The molecular formula is C25H29N3O4S. The summed E-state index contributed by atoms with van der Waals surface area (Å²) < 4.78 is 33.8. The summed E-state index contributed by atoms with van der Waals surface area (Å²) in [6.07, 6.45) is 3.88.